The van der Waals surface area contributed by atoms with Gasteiger partial charge in [0.2, 0.25) is 11.8 Å². The van der Waals surface area contributed by atoms with E-state index in [1.807, 2.05) is 0 Å². The molecule has 5 heteroatoms. The molecule has 0 aliphatic heterocycles. The fraction of sp³-hybridized carbons (Fsp3) is 0.500. The van der Waals surface area contributed by atoms with Crippen molar-refractivity contribution in [2.45, 2.75) is 18.5 Å². The molecule has 5 nitrogen and oxygen atoms in total. The molecule has 70 valence electrons. The zero-order valence-corrected chi connectivity index (χ0v) is 7.40. The monoisotopic (exact) mass is 180 g/mol. The van der Waals surface area contributed by atoms with E-state index in [4.69, 9.17) is 10.5 Å². The number of anilines is 1. The molecular formula is C8H12N4O. The molecule has 0 saturated heterocycles. The van der Waals surface area contributed by atoms with E-state index in [1.54, 1.807) is 19.4 Å². The quantitative estimate of drug-likeness (QED) is 0.684. The first-order valence-electron chi connectivity index (χ1n) is 4.19. The Hall–Kier alpha value is -1.36. The predicted octanol–water partition coefficient (Wildman–Crippen LogP) is -0.00330. The van der Waals surface area contributed by atoms with Gasteiger partial charge in [0.15, 0.2) is 0 Å². The molecule has 0 aromatic carbocycles. The average molecular weight is 180 g/mol. The third kappa shape index (κ3) is 1.86. The molecule has 0 bridgehead atoms. The van der Waals surface area contributed by atoms with Crippen molar-refractivity contribution in [3.8, 4) is 5.88 Å². The van der Waals surface area contributed by atoms with Crippen molar-refractivity contribution in [1.82, 2.24) is 9.97 Å². The van der Waals surface area contributed by atoms with Crippen LogP contribution in [0.4, 0.5) is 5.95 Å². The number of hydrogen-bond donors (Lipinski definition) is 2. The number of nitrogens with one attached hydrogen (secondary N) is 1. The van der Waals surface area contributed by atoms with E-state index >= 15 is 0 Å². The first-order chi connectivity index (χ1) is 6.29. The van der Waals surface area contributed by atoms with Crippen LogP contribution in [-0.2, 0) is 0 Å². The largest absolute Gasteiger partial charge is 0.481 e. The highest BCUT2D eigenvalue weighted by Crippen LogP contribution is 2.22. The van der Waals surface area contributed by atoms with Gasteiger partial charge in [0, 0.05) is 24.3 Å². The van der Waals surface area contributed by atoms with Crippen molar-refractivity contribution in [2.75, 3.05) is 12.4 Å². The number of nitrogens with zero attached hydrogens (tertiary/aromatic N) is 2. The summed E-state index contributed by atoms with van der Waals surface area (Å²) in [5.74, 6) is 1.14. The Labute approximate surface area is 76.3 Å². The van der Waals surface area contributed by atoms with Crippen LogP contribution in [0.3, 0.4) is 0 Å². The van der Waals surface area contributed by atoms with Gasteiger partial charge in [-0.3, -0.25) is 0 Å². The normalized spacial score (nSPS) is 25.4. The molecule has 3 N–H and O–H groups in total. The minimum atomic E-state index is 0.245. The molecule has 1 aliphatic rings. The van der Waals surface area contributed by atoms with Gasteiger partial charge in [-0.05, 0) is 6.42 Å². The third-order valence-electron chi connectivity index (χ3n) is 1.99. The third-order valence-corrected chi connectivity index (χ3v) is 1.99. The second-order valence-electron chi connectivity index (χ2n) is 3.07. The highest BCUT2D eigenvalue weighted by molar-refractivity contribution is 5.32. The lowest BCUT2D eigenvalue weighted by atomic mass is 10.6. The molecule has 0 radical (unpaired) electrons. The number of hydrogen-bond acceptors (Lipinski definition) is 5. The molecule has 13 heavy (non-hydrogen) atoms. The molecule has 2 rings (SSSR count). The van der Waals surface area contributed by atoms with E-state index in [1.165, 1.54) is 0 Å². The molecule has 2 atom stereocenters. The zero-order valence-electron chi connectivity index (χ0n) is 7.40. The molecule has 0 amide bonds. The van der Waals surface area contributed by atoms with Crippen LogP contribution >= 0.6 is 0 Å². The van der Waals surface area contributed by atoms with Gasteiger partial charge in [0.05, 0.1) is 7.11 Å². The van der Waals surface area contributed by atoms with Gasteiger partial charge >= 0.3 is 0 Å². The van der Waals surface area contributed by atoms with E-state index in [0.717, 1.165) is 6.42 Å². The summed E-state index contributed by atoms with van der Waals surface area (Å²) in [5, 5.41) is 3.11. The van der Waals surface area contributed by atoms with Gasteiger partial charge < -0.3 is 15.8 Å². The lowest BCUT2D eigenvalue weighted by Gasteiger charge is -2.03. The summed E-state index contributed by atoms with van der Waals surface area (Å²) in [5.41, 5.74) is 5.64. The Morgan fingerprint density at radius 2 is 2.46 bits per heavy atom. The minimum Gasteiger partial charge on any atom is -0.481 e. The van der Waals surface area contributed by atoms with Crippen LogP contribution in [0.15, 0.2) is 12.3 Å². The van der Waals surface area contributed by atoms with E-state index in [9.17, 15) is 0 Å². The van der Waals surface area contributed by atoms with Crippen molar-refractivity contribution < 1.29 is 4.74 Å². The number of methoxy groups -OCH3 is 1. The first-order valence-corrected chi connectivity index (χ1v) is 4.19. The Morgan fingerprint density at radius 3 is 3.08 bits per heavy atom. The fourth-order valence-corrected chi connectivity index (χ4v) is 1.07. The maximum Gasteiger partial charge on any atom is 0.226 e. The Kier molecular flexibility index (Phi) is 2.02. The van der Waals surface area contributed by atoms with Gasteiger partial charge in [-0.1, -0.05) is 0 Å². The Bertz CT molecular complexity index is 304. The Balaban J connectivity index is 2.03. The molecule has 1 saturated carbocycles. The smallest absolute Gasteiger partial charge is 0.226 e. The number of ether oxygens (including phenoxy) is 1. The van der Waals surface area contributed by atoms with Gasteiger partial charge in [0.25, 0.3) is 0 Å². The number of rotatable bonds is 3. The summed E-state index contributed by atoms with van der Waals surface area (Å²) in [6.07, 6.45) is 2.64. The molecular weight excluding hydrogens is 168 g/mol. The Morgan fingerprint density at radius 1 is 1.69 bits per heavy atom. The summed E-state index contributed by atoms with van der Waals surface area (Å²) in [7, 11) is 1.58. The van der Waals surface area contributed by atoms with Crippen molar-refractivity contribution >= 4 is 5.95 Å². The van der Waals surface area contributed by atoms with Gasteiger partial charge in [0.1, 0.15) is 0 Å². The van der Waals surface area contributed by atoms with Crippen molar-refractivity contribution in [3.63, 3.8) is 0 Å². The van der Waals surface area contributed by atoms with Gasteiger partial charge in [-0.25, -0.2) is 4.98 Å². The second-order valence-corrected chi connectivity index (χ2v) is 3.07. The number of aromatic nitrogens is 2. The predicted molar refractivity (Wildman–Crippen MR) is 48.6 cm³/mol. The van der Waals surface area contributed by atoms with E-state index in [0.29, 0.717) is 17.9 Å². The standard InChI is InChI=1S/C8H12N4O/c1-13-7-2-3-10-8(12-7)11-6-4-5(6)9/h2-3,5-6H,4,9H2,1H3,(H,10,11,12). The SMILES string of the molecule is COc1ccnc(NC2CC2N)n1. The van der Waals surface area contributed by atoms with Crippen molar-refractivity contribution in [1.29, 1.82) is 0 Å². The average Bonchev–Trinajstić information content (AvgIpc) is 2.82. The lowest BCUT2D eigenvalue weighted by molar-refractivity contribution is 0.397. The maximum atomic E-state index is 5.64. The van der Waals surface area contributed by atoms with E-state index in [-0.39, 0.29) is 6.04 Å². The van der Waals surface area contributed by atoms with Crippen LogP contribution in [0.2, 0.25) is 0 Å². The maximum absolute atomic E-state index is 5.64. The molecule has 1 aliphatic carbocycles. The summed E-state index contributed by atoms with van der Waals surface area (Å²) < 4.78 is 4.96. The minimum absolute atomic E-state index is 0.245. The highest BCUT2D eigenvalue weighted by atomic mass is 16.5. The van der Waals surface area contributed by atoms with Crippen LogP contribution in [-0.4, -0.2) is 29.2 Å². The summed E-state index contributed by atoms with van der Waals surface area (Å²) >= 11 is 0. The molecule has 2 unspecified atom stereocenters. The van der Waals surface area contributed by atoms with Crippen molar-refractivity contribution in [2.24, 2.45) is 5.73 Å². The van der Waals surface area contributed by atoms with Crippen LogP contribution in [0.1, 0.15) is 6.42 Å². The van der Waals surface area contributed by atoms with Gasteiger partial charge in [-0.2, -0.15) is 4.98 Å². The molecule has 1 aromatic rings. The summed E-state index contributed by atoms with van der Waals surface area (Å²) in [6.45, 7) is 0. The van der Waals surface area contributed by atoms with Crippen LogP contribution in [0.5, 0.6) is 5.88 Å². The number of nitrogens with two attached hydrogens (primary N) is 1. The first kappa shape index (κ1) is 8.25. The van der Waals surface area contributed by atoms with Crippen molar-refractivity contribution in [3.05, 3.63) is 12.3 Å². The van der Waals surface area contributed by atoms with Crippen LogP contribution in [0, 0.1) is 0 Å². The van der Waals surface area contributed by atoms with Crippen LogP contribution in [0.25, 0.3) is 0 Å². The van der Waals surface area contributed by atoms with E-state index < -0.39 is 0 Å². The second kappa shape index (κ2) is 3.18. The van der Waals surface area contributed by atoms with Crippen LogP contribution < -0.4 is 15.8 Å². The van der Waals surface area contributed by atoms with Gasteiger partial charge in [-0.15, -0.1) is 0 Å². The highest BCUT2D eigenvalue weighted by Gasteiger charge is 2.33. The topological polar surface area (TPSA) is 73.1 Å². The lowest BCUT2D eigenvalue weighted by Crippen LogP contribution is -2.14. The van der Waals surface area contributed by atoms with E-state index in [2.05, 4.69) is 15.3 Å². The summed E-state index contributed by atoms with van der Waals surface area (Å²) in [6, 6.07) is 2.28. The summed E-state index contributed by atoms with van der Waals surface area (Å²) in [4.78, 5) is 8.15. The molecule has 0 spiro atoms. The fourth-order valence-electron chi connectivity index (χ4n) is 1.07. The molecule has 1 heterocycles. The zero-order chi connectivity index (χ0) is 9.26. The molecule has 1 fully saturated rings. The molecule has 1 aromatic heterocycles.